The molecule has 0 spiro atoms. The van der Waals surface area contributed by atoms with Crippen molar-refractivity contribution < 1.29 is 23.9 Å². The largest absolute Gasteiger partial charge is 0.460 e. The molecule has 29 heavy (non-hydrogen) atoms. The topological polar surface area (TPSA) is 72.9 Å². The number of carbonyl (C=O) groups excluding carboxylic acids is 3. The Balaban J connectivity index is 2.25. The van der Waals surface area contributed by atoms with Crippen molar-refractivity contribution in [1.82, 2.24) is 4.90 Å². The van der Waals surface area contributed by atoms with E-state index in [1.165, 1.54) is 4.90 Å². The zero-order valence-electron chi connectivity index (χ0n) is 18.4. The minimum absolute atomic E-state index is 0.0672. The molecular formula is C23H33NO5. The number of amides is 2. The van der Waals surface area contributed by atoms with Crippen LogP contribution in [0.1, 0.15) is 53.5 Å². The molecule has 2 amide bonds. The predicted molar refractivity (Wildman–Crippen MR) is 110 cm³/mol. The minimum atomic E-state index is -0.669. The molecule has 2 atom stereocenters. The van der Waals surface area contributed by atoms with Crippen molar-refractivity contribution in [1.29, 1.82) is 0 Å². The summed E-state index contributed by atoms with van der Waals surface area (Å²) in [5.41, 5.74) is -0.120. The van der Waals surface area contributed by atoms with Crippen LogP contribution in [0.15, 0.2) is 30.3 Å². The molecule has 1 heterocycles. The lowest BCUT2D eigenvalue weighted by atomic mass is 9.77. The Morgan fingerprint density at radius 1 is 1.14 bits per heavy atom. The molecule has 1 fully saturated rings. The molecule has 0 aromatic heterocycles. The van der Waals surface area contributed by atoms with E-state index in [-0.39, 0.29) is 31.4 Å². The highest BCUT2D eigenvalue weighted by Gasteiger charge is 2.42. The highest BCUT2D eigenvalue weighted by Crippen LogP contribution is 2.33. The maximum atomic E-state index is 13.5. The lowest BCUT2D eigenvalue weighted by Gasteiger charge is -2.39. The molecule has 6 nitrogen and oxygen atoms in total. The number of hydrogen-bond donors (Lipinski definition) is 0. The van der Waals surface area contributed by atoms with Crippen molar-refractivity contribution >= 4 is 17.8 Å². The summed E-state index contributed by atoms with van der Waals surface area (Å²) in [6.45, 7) is 11.2. The van der Waals surface area contributed by atoms with E-state index in [1.807, 2.05) is 51.1 Å². The summed E-state index contributed by atoms with van der Waals surface area (Å²) in [7, 11) is 0. The quantitative estimate of drug-likeness (QED) is 0.705. The van der Waals surface area contributed by atoms with Gasteiger partial charge in [0.15, 0.2) is 0 Å². The summed E-state index contributed by atoms with van der Waals surface area (Å²) in [6, 6.07) is 9.30. The molecule has 0 saturated carbocycles. The fourth-order valence-electron chi connectivity index (χ4n) is 3.45. The molecular weight excluding hydrogens is 370 g/mol. The first-order chi connectivity index (χ1) is 13.4. The molecule has 160 valence electrons. The van der Waals surface area contributed by atoms with E-state index >= 15 is 0 Å². The standard InChI is InChI=1S/C23H33NO5/c1-22(2,3)18(13-20(26)29-23(4,5)6)21(27)24-17(14-28-15-19(24)25)12-16-10-8-7-9-11-16/h7-11,17-18H,12-15H2,1-6H3. The second-order valence-corrected chi connectivity index (χ2v) is 9.67. The van der Waals surface area contributed by atoms with Gasteiger partial charge in [0.1, 0.15) is 12.2 Å². The Morgan fingerprint density at radius 2 is 1.76 bits per heavy atom. The first-order valence-electron chi connectivity index (χ1n) is 10.1. The number of rotatable bonds is 5. The van der Waals surface area contributed by atoms with Gasteiger partial charge in [-0.15, -0.1) is 0 Å². The average Bonchev–Trinajstić information content (AvgIpc) is 2.58. The van der Waals surface area contributed by atoms with E-state index in [0.717, 1.165) is 5.56 Å². The SMILES string of the molecule is CC(C)(C)OC(=O)CC(C(=O)N1C(=O)COCC1Cc1ccccc1)C(C)(C)C. The fourth-order valence-corrected chi connectivity index (χ4v) is 3.45. The second-order valence-electron chi connectivity index (χ2n) is 9.67. The van der Waals surface area contributed by atoms with Crippen LogP contribution in [0.4, 0.5) is 0 Å². The van der Waals surface area contributed by atoms with Crippen LogP contribution in [-0.4, -0.2) is 47.5 Å². The third-order valence-corrected chi connectivity index (χ3v) is 4.86. The summed E-state index contributed by atoms with van der Waals surface area (Å²) >= 11 is 0. The van der Waals surface area contributed by atoms with Crippen LogP contribution < -0.4 is 0 Å². The van der Waals surface area contributed by atoms with Crippen LogP contribution in [0.25, 0.3) is 0 Å². The van der Waals surface area contributed by atoms with Gasteiger partial charge in [-0.05, 0) is 38.2 Å². The molecule has 0 N–H and O–H groups in total. The van der Waals surface area contributed by atoms with Crippen molar-refractivity contribution in [2.45, 2.75) is 66.0 Å². The smallest absolute Gasteiger partial charge is 0.307 e. The molecule has 0 radical (unpaired) electrons. The van der Waals surface area contributed by atoms with Gasteiger partial charge in [-0.25, -0.2) is 0 Å². The van der Waals surface area contributed by atoms with E-state index in [2.05, 4.69) is 0 Å². The van der Waals surface area contributed by atoms with Gasteiger partial charge in [-0.3, -0.25) is 19.3 Å². The van der Waals surface area contributed by atoms with Gasteiger partial charge in [0.05, 0.1) is 25.0 Å². The van der Waals surface area contributed by atoms with Gasteiger partial charge in [0.25, 0.3) is 5.91 Å². The summed E-state index contributed by atoms with van der Waals surface area (Å²) < 4.78 is 10.9. The Kier molecular flexibility index (Phi) is 7.22. The molecule has 1 aliphatic rings. The van der Waals surface area contributed by atoms with E-state index in [1.54, 1.807) is 20.8 Å². The van der Waals surface area contributed by atoms with Crippen molar-refractivity contribution in [2.24, 2.45) is 11.3 Å². The van der Waals surface area contributed by atoms with Crippen LogP contribution in [0, 0.1) is 11.3 Å². The number of benzene rings is 1. The normalized spacial score (nSPS) is 19.0. The first-order valence-corrected chi connectivity index (χ1v) is 10.1. The maximum Gasteiger partial charge on any atom is 0.307 e. The van der Waals surface area contributed by atoms with Crippen LogP contribution >= 0.6 is 0 Å². The Morgan fingerprint density at radius 3 is 2.31 bits per heavy atom. The van der Waals surface area contributed by atoms with Crippen molar-refractivity contribution in [3.8, 4) is 0 Å². The maximum absolute atomic E-state index is 13.5. The molecule has 1 aromatic rings. The Bertz CT molecular complexity index is 730. The lowest BCUT2D eigenvalue weighted by Crippen LogP contribution is -2.56. The zero-order valence-corrected chi connectivity index (χ0v) is 18.4. The number of ether oxygens (including phenoxy) is 2. The van der Waals surface area contributed by atoms with Crippen LogP contribution in [0.3, 0.4) is 0 Å². The van der Waals surface area contributed by atoms with Crippen molar-refractivity contribution in [3.63, 3.8) is 0 Å². The third-order valence-electron chi connectivity index (χ3n) is 4.86. The van der Waals surface area contributed by atoms with Gasteiger partial charge >= 0.3 is 5.97 Å². The van der Waals surface area contributed by atoms with Gasteiger partial charge in [0, 0.05) is 0 Å². The number of imide groups is 1. The van der Waals surface area contributed by atoms with E-state index < -0.39 is 28.9 Å². The second kappa shape index (κ2) is 9.08. The van der Waals surface area contributed by atoms with Gasteiger partial charge in [0.2, 0.25) is 5.91 Å². The van der Waals surface area contributed by atoms with Gasteiger partial charge in [-0.1, -0.05) is 51.1 Å². The van der Waals surface area contributed by atoms with Crippen molar-refractivity contribution in [3.05, 3.63) is 35.9 Å². The molecule has 6 heteroatoms. The molecule has 0 aliphatic carbocycles. The number of esters is 1. The third kappa shape index (κ3) is 6.67. The first kappa shape index (κ1) is 23.1. The summed E-state index contributed by atoms with van der Waals surface area (Å²) in [4.78, 5) is 39.9. The molecule has 1 saturated heterocycles. The summed E-state index contributed by atoms with van der Waals surface area (Å²) in [6.07, 6.45) is 0.448. The van der Waals surface area contributed by atoms with E-state index in [0.29, 0.717) is 6.42 Å². The van der Waals surface area contributed by atoms with E-state index in [9.17, 15) is 14.4 Å². The minimum Gasteiger partial charge on any atom is -0.460 e. The predicted octanol–water partition coefficient (Wildman–Crippen LogP) is 3.38. The van der Waals surface area contributed by atoms with Crippen molar-refractivity contribution in [2.75, 3.05) is 13.2 Å². The average molecular weight is 404 g/mol. The van der Waals surface area contributed by atoms with Crippen LogP contribution in [0.5, 0.6) is 0 Å². The Labute approximate surface area is 173 Å². The number of morpholine rings is 1. The summed E-state index contributed by atoms with van der Waals surface area (Å²) in [5.74, 6) is -1.80. The Hall–Kier alpha value is -2.21. The molecule has 1 aliphatic heterocycles. The fraction of sp³-hybridized carbons (Fsp3) is 0.609. The molecule has 1 aromatic carbocycles. The van der Waals surface area contributed by atoms with E-state index in [4.69, 9.17) is 9.47 Å². The van der Waals surface area contributed by atoms with Gasteiger partial charge < -0.3 is 9.47 Å². The number of hydrogen-bond acceptors (Lipinski definition) is 5. The van der Waals surface area contributed by atoms with Crippen LogP contribution in [0.2, 0.25) is 0 Å². The van der Waals surface area contributed by atoms with Crippen LogP contribution in [-0.2, 0) is 30.3 Å². The zero-order chi connectivity index (χ0) is 21.8. The lowest BCUT2D eigenvalue weighted by molar-refractivity contribution is -0.168. The molecule has 0 bridgehead atoms. The van der Waals surface area contributed by atoms with Gasteiger partial charge in [-0.2, -0.15) is 0 Å². The highest BCUT2D eigenvalue weighted by molar-refractivity contribution is 5.99. The number of carbonyl (C=O) groups is 3. The number of nitrogens with zero attached hydrogens (tertiary/aromatic N) is 1. The summed E-state index contributed by atoms with van der Waals surface area (Å²) in [5, 5.41) is 0. The highest BCUT2D eigenvalue weighted by atomic mass is 16.6. The molecule has 2 unspecified atom stereocenters. The molecule has 2 rings (SSSR count). The monoisotopic (exact) mass is 403 g/mol.